The van der Waals surface area contributed by atoms with Crippen LogP contribution in [0.2, 0.25) is 0 Å². The van der Waals surface area contributed by atoms with Gasteiger partial charge in [0.1, 0.15) is 26.4 Å². The number of rotatable bonds is 3. The van der Waals surface area contributed by atoms with Crippen LogP contribution in [0.5, 0.6) is 23.0 Å². The molecule has 0 bridgehead atoms. The number of ether oxygens (including phenoxy) is 4. The van der Waals surface area contributed by atoms with Crippen LogP contribution in [0.25, 0.3) is 5.69 Å². The average molecular weight is 449 g/mol. The molecule has 2 aliphatic heterocycles. The monoisotopic (exact) mass is 449 g/mol. The van der Waals surface area contributed by atoms with E-state index in [1.165, 1.54) is 0 Å². The Morgan fingerprint density at radius 2 is 1.30 bits per heavy atom. The van der Waals surface area contributed by atoms with Gasteiger partial charge in [-0.15, -0.1) is 0 Å². The zero-order valence-electron chi connectivity index (χ0n) is 18.3. The minimum Gasteiger partial charge on any atom is -0.486 e. The lowest BCUT2D eigenvalue weighted by molar-refractivity contribution is 0.0845. The Kier molecular flexibility index (Phi) is 5.29. The number of aromatic nitrogens is 1. The Bertz CT molecular complexity index is 1250. The SMILES string of the molecule is Cc1cc(C(=O)NNC(=O)c2ccc3c(c2)OCCO3)c(C)n1-c1ccc2c(c1)OCCO2. The van der Waals surface area contributed by atoms with Gasteiger partial charge in [-0.1, -0.05) is 0 Å². The normalized spacial score (nSPS) is 13.9. The van der Waals surface area contributed by atoms with Crippen LogP contribution in [-0.2, 0) is 0 Å². The molecule has 0 saturated carbocycles. The van der Waals surface area contributed by atoms with Crippen LogP contribution in [0, 0.1) is 13.8 Å². The van der Waals surface area contributed by atoms with Crippen molar-refractivity contribution in [3.8, 4) is 28.7 Å². The molecule has 0 radical (unpaired) electrons. The van der Waals surface area contributed by atoms with Crippen molar-refractivity contribution in [2.75, 3.05) is 26.4 Å². The maximum absolute atomic E-state index is 12.8. The molecule has 0 aliphatic carbocycles. The van der Waals surface area contributed by atoms with Gasteiger partial charge in [0.05, 0.1) is 5.56 Å². The van der Waals surface area contributed by atoms with Gasteiger partial charge in [0.2, 0.25) is 0 Å². The van der Waals surface area contributed by atoms with E-state index < -0.39 is 11.8 Å². The standard InChI is InChI=1S/C24H23N3O6/c1-14-11-18(15(2)27(14)17-4-6-20-22(13-17)33-10-8-31-20)24(29)26-25-23(28)16-3-5-19-21(12-16)32-9-7-30-19/h3-6,11-13H,7-10H2,1-2H3,(H,25,28)(H,26,29). The first-order chi connectivity index (χ1) is 16.0. The molecule has 0 spiro atoms. The summed E-state index contributed by atoms with van der Waals surface area (Å²) in [5.41, 5.74) is 8.20. The third kappa shape index (κ3) is 3.93. The molecular weight excluding hydrogens is 426 g/mol. The van der Waals surface area contributed by atoms with E-state index in [0.29, 0.717) is 60.6 Å². The van der Waals surface area contributed by atoms with Gasteiger partial charge in [-0.2, -0.15) is 0 Å². The van der Waals surface area contributed by atoms with Crippen LogP contribution in [-0.4, -0.2) is 42.8 Å². The first-order valence-electron chi connectivity index (χ1n) is 10.6. The van der Waals surface area contributed by atoms with E-state index in [-0.39, 0.29) is 0 Å². The predicted molar refractivity (Wildman–Crippen MR) is 119 cm³/mol. The third-order valence-corrected chi connectivity index (χ3v) is 5.55. The fourth-order valence-electron chi connectivity index (χ4n) is 4.00. The van der Waals surface area contributed by atoms with Crippen LogP contribution >= 0.6 is 0 Å². The zero-order valence-corrected chi connectivity index (χ0v) is 18.3. The number of nitrogens with one attached hydrogen (secondary N) is 2. The van der Waals surface area contributed by atoms with Gasteiger partial charge in [-0.05, 0) is 50.2 Å². The molecule has 0 fully saturated rings. The van der Waals surface area contributed by atoms with Crippen LogP contribution in [0.1, 0.15) is 32.1 Å². The molecule has 9 heteroatoms. The van der Waals surface area contributed by atoms with E-state index in [2.05, 4.69) is 10.9 Å². The zero-order chi connectivity index (χ0) is 22.9. The molecule has 0 unspecified atom stereocenters. The molecule has 0 saturated heterocycles. The quantitative estimate of drug-likeness (QED) is 0.597. The third-order valence-electron chi connectivity index (χ3n) is 5.55. The van der Waals surface area contributed by atoms with Gasteiger partial charge >= 0.3 is 0 Å². The van der Waals surface area contributed by atoms with Crippen molar-refractivity contribution in [1.82, 2.24) is 15.4 Å². The Morgan fingerprint density at radius 1 is 0.727 bits per heavy atom. The second-order valence-corrected chi connectivity index (χ2v) is 7.71. The highest BCUT2D eigenvalue weighted by molar-refractivity contribution is 6.00. The van der Waals surface area contributed by atoms with Crippen molar-refractivity contribution in [3.05, 3.63) is 65.0 Å². The van der Waals surface area contributed by atoms with Gasteiger partial charge in [0, 0.05) is 28.7 Å². The molecule has 3 heterocycles. The van der Waals surface area contributed by atoms with Crippen molar-refractivity contribution < 1.29 is 28.5 Å². The van der Waals surface area contributed by atoms with Crippen LogP contribution in [0.15, 0.2) is 42.5 Å². The predicted octanol–water partition coefficient (Wildman–Crippen LogP) is 2.71. The summed E-state index contributed by atoms with van der Waals surface area (Å²) in [5.74, 6) is 1.59. The van der Waals surface area contributed by atoms with Gasteiger partial charge < -0.3 is 23.5 Å². The summed E-state index contributed by atoms with van der Waals surface area (Å²) in [6, 6.07) is 12.3. The Balaban J connectivity index is 1.31. The Hall–Kier alpha value is -4.14. The van der Waals surface area contributed by atoms with Gasteiger partial charge in [-0.25, -0.2) is 0 Å². The van der Waals surface area contributed by atoms with Gasteiger partial charge in [0.25, 0.3) is 11.8 Å². The summed E-state index contributed by atoms with van der Waals surface area (Å²) in [5, 5.41) is 0. The largest absolute Gasteiger partial charge is 0.486 e. The smallest absolute Gasteiger partial charge is 0.271 e. The van der Waals surface area contributed by atoms with E-state index in [1.807, 2.05) is 36.6 Å². The maximum atomic E-state index is 12.8. The van der Waals surface area contributed by atoms with Crippen molar-refractivity contribution in [2.24, 2.45) is 0 Å². The van der Waals surface area contributed by atoms with E-state index >= 15 is 0 Å². The number of carbonyl (C=O) groups excluding carboxylic acids is 2. The first kappa shape index (κ1) is 20.7. The number of benzene rings is 2. The number of amides is 2. The summed E-state index contributed by atoms with van der Waals surface area (Å²) >= 11 is 0. The highest BCUT2D eigenvalue weighted by Gasteiger charge is 2.20. The molecule has 2 aromatic carbocycles. The molecular formula is C24H23N3O6. The van der Waals surface area contributed by atoms with E-state index in [4.69, 9.17) is 18.9 Å². The van der Waals surface area contributed by atoms with Gasteiger partial charge in [-0.3, -0.25) is 20.4 Å². The lowest BCUT2D eigenvalue weighted by atomic mass is 10.2. The minimum atomic E-state index is -0.457. The number of hydrogen-bond donors (Lipinski definition) is 2. The van der Waals surface area contributed by atoms with Crippen LogP contribution < -0.4 is 29.8 Å². The highest BCUT2D eigenvalue weighted by atomic mass is 16.6. The highest BCUT2D eigenvalue weighted by Crippen LogP contribution is 2.33. The molecule has 0 atom stereocenters. The van der Waals surface area contributed by atoms with E-state index in [1.54, 1.807) is 24.3 Å². The lowest BCUT2D eigenvalue weighted by Gasteiger charge is -2.20. The molecule has 2 amide bonds. The van der Waals surface area contributed by atoms with E-state index in [9.17, 15) is 9.59 Å². The molecule has 2 N–H and O–H groups in total. The van der Waals surface area contributed by atoms with Crippen molar-refractivity contribution in [2.45, 2.75) is 13.8 Å². The molecule has 170 valence electrons. The number of nitrogens with zero attached hydrogens (tertiary/aromatic N) is 1. The fraction of sp³-hybridized carbons (Fsp3) is 0.250. The van der Waals surface area contributed by atoms with Gasteiger partial charge in [0.15, 0.2) is 23.0 Å². The number of carbonyl (C=O) groups is 2. The fourth-order valence-corrected chi connectivity index (χ4v) is 4.00. The van der Waals surface area contributed by atoms with Crippen molar-refractivity contribution in [1.29, 1.82) is 0 Å². The maximum Gasteiger partial charge on any atom is 0.271 e. The number of hydrogen-bond acceptors (Lipinski definition) is 6. The summed E-state index contributed by atoms with van der Waals surface area (Å²) < 4.78 is 24.2. The van der Waals surface area contributed by atoms with E-state index in [0.717, 1.165) is 17.1 Å². The molecule has 1 aromatic heterocycles. The number of fused-ring (bicyclic) bond motifs is 2. The second kappa shape index (κ2) is 8.42. The Labute approximate surface area is 190 Å². The Morgan fingerprint density at radius 3 is 2.00 bits per heavy atom. The number of aryl methyl sites for hydroxylation is 1. The van der Waals surface area contributed by atoms with Crippen molar-refractivity contribution >= 4 is 11.8 Å². The minimum absolute atomic E-state index is 0.348. The second-order valence-electron chi connectivity index (χ2n) is 7.71. The van der Waals surface area contributed by atoms with Crippen LogP contribution in [0.3, 0.4) is 0 Å². The number of hydrazine groups is 1. The molecule has 2 aliphatic rings. The molecule has 5 rings (SSSR count). The summed E-state index contributed by atoms with van der Waals surface area (Å²) in [6.45, 7) is 5.68. The summed E-state index contributed by atoms with van der Waals surface area (Å²) in [4.78, 5) is 25.4. The molecule has 33 heavy (non-hydrogen) atoms. The van der Waals surface area contributed by atoms with Crippen molar-refractivity contribution in [3.63, 3.8) is 0 Å². The average Bonchev–Trinajstić information content (AvgIpc) is 3.15. The lowest BCUT2D eigenvalue weighted by Crippen LogP contribution is -2.41. The molecule has 3 aromatic rings. The summed E-state index contributed by atoms with van der Waals surface area (Å²) in [7, 11) is 0. The topological polar surface area (TPSA) is 100 Å². The first-order valence-corrected chi connectivity index (χ1v) is 10.6. The van der Waals surface area contributed by atoms with Crippen LogP contribution in [0.4, 0.5) is 0 Å². The summed E-state index contributed by atoms with van der Waals surface area (Å²) in [6.07, 6.45) is 0. The molecule has 9 nitrogen and oxygen atoms in total.